The van der Waals surface area contributed by atoms with E-state index in [1.807, 2.05) is 77.1 Å². The first-order valence-electron chi connectivity index (χ1n) is 14.1. The second kappa shape index (κ2) is 18.2. The third kappa shape index (κ3) is 14.0. The highest BCUT2D eigenvalue weighted by Crippen LogP contribution is 2.26. The second-order valence-electron chi connectivity index (χ2n) is 11.3. The summed E-state index contributed by atoms with van der Waals surface area (Å²) in [5.41, 5.74) is 12.0. The van der Waals surface area contributed by atoms with Gasteiger partial charge in [-0.1, -0.05) is 87.9 Å². The molecule has 0 aliphatic rings. The van der Waals surface area contributed by atoms with Crippen LogP contribution >= 0.6 is 0 Å². The normalized spacial score (nSPS) is 13.6. The molecule has 6 N–H and O–H groups in total. The van der Waals surface area contributed by atoms with Gasteiger partial charge in [0.25, 0.3) is 16.0 Å². The zero-order chi connectivity index (χ0) is 32.7. The number of nitrogens with one attached hydrogen (secondary N) is 2. The van der Waals surface area contributed by atoms with E-state index in [2.05, 4.69) is 5.43 Å². The van der Waals surface area contributed by atoms with Gasteiger partial charge in [-0.15, -0.1) is 0 Å². The quantitative estimate of drug-likeness (QED) is 0.135. The van der Waals surface area contributed by atoms with E-state index in [-0.39, 0.29) is 23.2 Å². The zero-order valence-corrected chi connectivity index (χ0v) is 26.5. The van der Waals surface area contributed by atoms with E-state index in [4.69, 9.17) is 10.3 Å². The number of carbonyl (C=O) groups is 3. The third-order valence-corrected chi connectivity index (χ3v) is 7.13. The first-order chi connectivity index (χ1) is 20.1. The Hall–Kier alpha value is -3.58. The van der Waals surface area contributed by atoms with Crippen LogP contribution in [0.25, 0.3) is 6.08 Å². The number of hydrazine groups is 1. The number of hydroxylamine groups is 1. The molecule has 0 fully saturated rings. The monoisotopic (exact) mass is 618 g/mol. The van der Waals surface area contributed by atoms with Gasteiger partial charge in [0, 0.05) is 6.54 Å². The largest absolute Gasteiger partial charge is 0.320 e. The first-order valence-corrected chi connectivity index (χ1v) is 15.6. The number of nitrogens with two attached hydrogens (primary N) is 1. The number of hydrogen-bond donors (Lipinski definition) is 5. The highest BCUT2D eigenvalue weighted by Gasteiger charge is 2.35. The molecule has 2 rings (SSSR count). The van der Waals surface area contributed by atoms with Crippen LogP contribution in [0.4, 0.5) is 0 Å². The van der Waals surface area contributed by atoms with Crippen LogP contribution < -0.4 is 16.6 Å². The Morgan fingerprint density at radius 3 is 1.95 bits per heavy atom. The molecule has 0 aliphatic heterocycles. The summed E-state index contributed by atoms with van der Waals surface area (Å²) in [4.78, 5) is 38.2. The molecule has 0 aliphatic carbocycles. The van der Waals surface area contributed by atoms with Crippen molar-refractivity contribution >= 4 is 33.9 Å². The van der Waals surface area contributed by atoms with Crippen molar-refractivity contribution in [1.82, 2.24) is 15.9 Å². The van der Waals surface area contributed by atoms with E-state index in [0.29, 0.717) is 13.0 Å². The first kappa shape index (κ1) is 37.4. The minimum atomic E-state index is -4.02. The molecule has 0 heterocycles. The van der Waals surface area contributed by atoms with Crippen LogP contribution in [0.15, 0.2) is 65.6 Å². The number of allylic oxidation sites excluding steroid dienone is 1. The maximum atomic E-state index is 13.3. The Bertz CT molecular complexity index is 1300. The molecule has 238 valence electrons. The fourth-order valence-corrected chi connectivity index (χ4v) is 4.62. The minimum Gasteiger partial charge on any atom is -0.320 e. The minimum absolute atomic E-state index is 0.0666. The van der Waals surface area contributed by atoms with Crippen molar-refractivity contribution in [1.29, 1.82) is 0 Å². The maximum Gasteiger partial charge on any atom is 0.294 e. The summed E-state index contributed by atoms with van der Waals surface area (Å²) in [7, 11) is -4.02. The molecule has 0 radical (unpaired) electrons. The Morgan fingerprint density at radius 2 is 1.49 bits per heavy atom. The number of hydrogen-bond acceptors (Lipinski definition) is 7. The molecule has 2 aromatic carbocycles. The Balaban J connectivity index is 0.000000699. The SMILES string of the molecule is CC(C)C[C@@H](C(=O)NN(CC(C)C)C(=O)[C@@H](C)N)[C@H](C/C=C/c1ccccc1)C(=O)NO.Cc1ccc(S(=O)(=O)O)cc1. The highest BCUT2D eigenvalue weighted by molar-refractivity contribution is 7.85. The zero-order valence-electron chi connectivity index (χ0n) is 25.7. The van der Waals surface area contributed by atoms with Crippen LogP contribution in [0.2, 0.25) is 0 Å². The second-order valence-corrected chi connectivity index (χ2v) is 12.7. The summed E-state index contributed by atoms with van der Waals surface area (Å²) < 4.78 is 29.6. The van der Waals surface area contributed by atoms with Gasteiger partial charge in [0.1, 0.15) is 0 Å². The van der Waals surface area contributed by atoms with E-state index in [1.54, 1.807) is 24.5 Å². The lowest BCUT2D eigenvalue weighted by Gasteiger charge is -2.31. The van der Waals surface area contributed by atoms with Gasteiger partial charge in [-0.2, -0.15) is 8.42 Å². The summed E-state index contributed by atoms with van der Waals surface area (Å²) in [6, 6.07) is 14.8. The molecule has 3 amide bonds. The van der Waals surface area contributed by atoms with Gasteiger partial charge in [-0.3, -0.25) is 34.6 Å². The van der Waals surface area contributed by atoms with Gasteiger partial charge in [0.2, 0.25) is 11.8 Å². The number of amides is 3. The molecule has 0 spiro atoms. The van der Waals surface area contributed by atoms with Crippen LogP contribution in [-0.2, 0) is 24.5 Å². The Labute approximate surface area is 255 Å². The number of nitrogens with zero attached hydrogens (tertiary/aromatic N) is 1. The lowest BCUT2D eigenvalue weighted by atomic mass is 9.82. The van der Waals surface area contributed by atoms with Gasteiger partial charge in [-0.05, 0) is 56.2 Å². The summed E-state index contributed by atoms with van der Waals surface area (Å²) in [6.45, 7) is 11.5. The van der Waals surface area contributed by atoms with Crippen molar-refractivity contribution in [3.8, 4) is 0 Å². The van der Waals surface area contributed by atoms with Crippen molar-refractivity contribution < 1.29 is 32.6 Å². The number of carbonyl (C=O) groups excluding carboxylic acids is 3. The Kier molecular flexibility index (Phi) is 15.8. The molecular weight excluding hydrogens is 572 g/mol. The van der Waals surface area contributed by atoms with Crippen molar-refractivity contribution in [2.75, 3.05) is 6.54 Å². The molecular formula is C31H46N4O7S. The number of aryl methyl sites for hydroxylation is 1. The molecule has 0 saturated carbocycles. The number of rotatable bonds is 12. The standard InChI is InChI=1S/C24H38N4O4.C7H8O3S/c1-16(2)14-21(22(29)26-28(15-17(3)4)24(31)18(5)25)20(23(30)27-32)13-9-12-19-10-7-6-8-11-19;1-6-2-4-7(5-3-6)11(8,9)10/h6-12,16-18,20-21,32H,13-15,25H2,1-5H3,(H,26,29)(H,27,30);2-5H,1H3,(H,8,9,10)/b12-9+;/t18-,20+,21-;/m1./s1. The summed E-state index contributed by atoms with van der Waals surface area (Å²) in [6.07, 6.45) is 4.34. The fourth-order valence-electron chi connectivity index (χ4n) is 4.14. The van der Waals surface area contributed by atoms with Crippen LogP contribution in [0.3, 0.4) is 0 Å². The maximum absolute atomic E-state index is 13.3. The van der Waals surface area contributed by atoms with Crippen molar-refractivity contribution in [3.05, 3.63) is 71.8 Å². The van der Waals surface area contributed by atoms with E-state index < -0.39 is 45.7 Å². The molecule has 12 heteroatoms. The van der Waals surface area contributed by atoms with Crippen LogP contribution in [0, 0.1) is 30.6 Å². The lowest BCUT2D eigenvalue weighted by Crippen LogP contribution is -2.55. The van der Waals surface area contributed by atoms with Crippen molar-refractivity contribution in [2.45, 2.75) is 65.3 Å². The molecule has 2 aromatic rings. The molecule has 0 saturated heterocycles. The Morgan fingerprint density at radius 1 is 0.907 bits per heavy atom. The molecule has 0 unspecified atom stereocenters. The van der Waals surface area contributed by atoms with E-state index in [1.165, 1.54) is 17.1 Å². The van der Waals surface area contributed by atoms with E-state index >= 15 is 0 Å². The van der Waals surface area contributed by atoms with Gasteiger partial charge in [0.05, 0.1) is 22.8 Å². The molecule has 11 nitrogen and oxygen atoms in total. The topological polar surface area (TPSA) is 179 Å². The van der Waals surface area contributed by atoms with Crippen molar-refractivity contribution in [2.24, 2.45) is 29.4 Å². The fraction of sp³-hybridized carbons (Fsp3) is 0.452. The van der Waals surface area contributed by atoms with Crippen LogP contribution in [-0.4, -0.2) is 53.5 Å². The van der Waals surface area contributed by atoms with Gasteiger partial charge in [0.15, 0.2) is 0 Å². The van der Waals surface area contributed by atoms with Crippen molar-refractivity contribution in [3.63, 3.8) is 0 Å². The van der Waals surface area contributed by atoms with E-state index in [0.717, 1.165) is 11.1 Å². The van der Waals surface area contributed by atoms with Gasteiger partial charge in [-0.25, -0.2) is 5.48 Å². The average Bonchev–Trinajstić information content (AvgIpc) is 2.93. The van der Waals surface area contributed by atoms with Crippen LogP contribution in [0.5, 0.6) is 0 Å². The highest BCUT2D eigenvalue weighted by atomic mass is 32.2. The molecule has 3 atom stereocenters. The average molecular weight is 619 g/mol. The summed E-state index contributed by atoms with van der Waals surface area (Å²) in [5, 5.41) is 10.5. The molecule has 0 aromatic heterocycles. The number of benzene rings is 2. The van der Waals surface area contributed by atoms with Crippen LogP contribution in [0.1, 0.15) is 58.6 Å². The summed E-state index contributed by atoms with van der Waals surface area (Å²) >= 11 is 0. The lowest BCUT2D eigenvalue weighted by molar-refractivity contribution is -0.148. The van der Waals surface area contributed by atoms with E-state index in [9.17, 15) is 28.0 Å². The molecule has 43 heavy (non-hydrogen) atoms. The van der Waals surface area contributed by atoms with Gasteiger partial charge < -0.3 is 5.73 Å². The van der Waals surface area contributed by atoms with Gasteiger partial charge >= 0.3 is 0 Å². The predicted octanol–water partition coefficient (Wildman–Crippen LogP) is 3.98. The predicted molar refractivity (Wildman–Crippen MR) is 166 cm³/mol. The third-order valence-electron chi connectivity index (χ3n) is 6.26. The molecule has 0 bridgehead atoms. The summed E-state index contributed by atoms with van der Waals surface area (Å²) in [5.74, 6) is -2.84. The smallest absolute Gasteiger partial charge is 0.294 e.